The summed E-state index contributed by atoms with van der Waals surface area (Å²) in [4.78, 5) is 0. The van der Waals surface area contributed by atoms with E-state index in [1.807, 2.05) is 60.7 Å². The van der Waals surface area contributed by atoms with Crippen molar-refractivity contribution in [3.63, 3.8) is 0 Å². The first kappa shape index (κ1) is 18.7. The Morgan fingerprint density at radius 2 is 1.19 bits per heavy atom. The Morgan fingerprint density at radius 1 is 0.731 bits per heavy atom. The maximum Gasteiger partial charge on any atom is 0.171 e. The largest absolute Gasteiger partial charge is 0.309 e. The highest BCUT2D eigenvalue weighted by molar-refractivity contribution is 7.85. The van der Waals surface area contributed by atoms with Gasteiger partial charge in [0.25, 0.3) is 0 Å². The molecule has 0 saturated heterocycles. The van der Waals surface area contributed by atoms with Crippen molar-refractivity contribution in [2.75, 3.05) is 0 Å². The van der Waals surface area contributed by atoms with Crippen molar-refractivity contribution >= 4 is 23.1 Å². The summed E-state index contributed by atoms with van der Waals surface area (Å²) in [6.07, 6.45) is 3.67. The lowest BCUT2D eigenvalue weighted by Crippen LogP contribution is -2.25. The second kappa shape index (κ2) is 8.52. The highest BCUT2D eigenvalue weighted by Crippen LogP contribution is 2.42. The summed E-state index contributed by atoms with van der Waals surface area (Å²) < 4.78 is 14.3. The summed E-state index contributed by atoms with van der Waals surface area (Å²) in [6, 6.07) is 28.2. The molecule has 26 heavy (non-hydrogen) atoms. The molecule has 0 saturated carbocycles. The van der Waals surface area contributed by atoms with Crippen LogP contribution in [0.4, 0.5) is 0 Å². The van der Waals surface area contributed by atoms with Crippen LogP contribution in [0.15, 0.2) is 84.9 Å². The van der Waals surface area contributed by atoms with E-state index >= 15 is 0 Å². The summed E-state index contributed by atoms with van der Waals surface area (Å²) >= 11 is 0. The molecule has 0 fully saturated rings. The van der Waals surface area contributed by atoms with E-state index < -0.39 is 7.14 Å². The molecule has 1 unspecified atom stereocenters. The molecule has 1 atom stereocenters. The molecule has 1 nitrogen and oxygen atoms in total. The number of rotatable bonds is 7. The Labute approximate surface area is 157 Å². The number of benzene rings is 3. The van der Waals surface area contributed by atoms with E-state index in [1.54, 1.807) is 0 Å². The second-order valence-corrected chi connectivity index (χ2v) is 9.68. The van der Waals surface area contributed by atoms with Crippen LogP contribution in [0.1, 0.15) is 44.6 Å². The highest BCUT2D eigenvalue weighted by atomic mass is 31.2. The zero-order valence-electron chi connectivity index (χ0n) is 15.6. The van der Waals surface area contributed by atoms with Gasteiger partial charge in [0, 0.05) is 15.9 Å². The van der Waals surface area contributed by atoms with Crippen LogP contribution in [0.25, 0.3) is 0 Å². The Hall–Kier alpha value is -2.11. The summed E-state index contributed by atoms with van der Waals surface area (Å²) in [6.45, 7) is 4.50. The molecule has 0 heterocycles. The van der Waals surface area contributed by atoms with Crippen LogP contribution in [0.5, 0.6) is 0 Å². The first-order valence-corrected chi connectivity index (χ1v) is 11.2. The molecule has 0 aromatic heterocycles. The summed E-state index contributed by atoms with van der Waals surface area (Å²) in [5.41, 5.74) is 1.33. The monoisotopic (exact) mass is 362 g/mol. The lowest BCUT2D eigenvalue weighted by atomic mass is 9.96. The van der Waals surface area contributed by atoms with E-state index in [0.717, 1.165) is 15.9 Å². The predicted octanol–water partition coefficient (Wildman–Crippen LogP) is 5.62. The Bertz CT molecular complexity index is 810. The van der Waals surface area contributed by atoms with Gasteiger partial charge in [-0.2, -0.15) is 0 Å². The maximum absolute atomic E-state index is 14.3. The normalized spacial score (nSPS) is 12.7. The standard InChI is InChI=1S/C24H27OP/c1-3-4-11-20(2)21-16-18-24(19-17-21)26(25,22-12-7-5-8-13-22)23-14-9-6-10-15-23/h5-10,12-20H,3-4,11H2,1-2H3. The Morgan fingerprint density at radius 3 is 1.65 bits per heavy atom. The average Bonchev–Trinajstić information content (AvgIpc) is 2.73. The summed E-state index contributed by atoms with van der Waals surface area (Å²) in [5, 5.41) is 2.68. The predicted molar refractivity (Wildman–Crippen MR) is 114 cm³/mol. The second-order valence-electron chi connectivity index (χ2n) is 6.92. The third-order valence-electron chi connectivity index (χ3n) is 5.06. The molecule has 0 bridgehead atoms. The summed E-state index contributed by atoms with van der Waals surface area (Å²) in [5.74, 6) is 0.539. The molecule has 0 radical (unpaired) electrons. The third-order valence-corrected chi connectivity index (χ3v) is 8.13. The van der Waals surface area contributed by atoms with Crippen LogP contribution in [0.3, 0.4) is 0 Å². The van der Waals surface area contributed by atoms with Gasteiger partial charge in [-0.1, -0.05) is 112 Å². The van der Waals surface area contributed by atoms with Crippen LogP contribution in [0.2, 0.25) is 0 Å². The van der Waals surface area contributed by atoms with Crippen molar-refractivity contribution < 1.29 is 4.57 Å². The molecule has 3 aromatic carbocycles. The van der Waals surface area contributed by atoms with E-state index in [1.165, 1.54) is 24.8 Å². The molecule has 3 aromatic rings. The zero-order valence-corrected chi connectivity index (χ0v) is 16.5. The minimum atomic E-state index is -2.85. The van der Waals surface area contributed by atoms with Crippen LogP contribution < -0.4 is 15.9 Å². The van der Waals surface area contributed by atoms with E-state index in [9.17, 15) is 4.57 Å². The van der Waals surface area contributed by atoms with Crippen molar-refractivity contribution in [1.29, 1.82) is 0 Å². The molecular weight excluding hydrogens is 335 g/mol. The van der Waals surface area contributed by atoms with Gasteiger partial charge in [-0.3, -0.25) is 0 Å². The molecular formula is C24H27OP. The fourth-order valence-corrected chi connectivity index (χ4v) is 6.06. The number of hydrogen-bond acceptors (Lipinski definition) is 1. The van der Waals surface area contributed by atoms with Gasteiger partial charge in [-0.15, -0.1) is 0 Å². The zero-order chi connectivity index (χ0) is 18.4. The Kier molecular flexibility index (Phi) is 6.12. The van der Waals surface area contributed by atoms with E-state index in [2.05, 4.69) is 38.1 Å². The smallest absolute Gasteiger partial charge is 0.171 e. The molecule has 0 aliphatic rings. The summed E-state index contributed by atoms with van der Waals surface area (Å²) in [7, 11) is -2.85. The topological polar surface area (TPSA) is 17.1 Å². The van der Waals surface area contributed by atoms with Gasteiger partial charge in [0.2, 0.25) is 0 Å². The lowest BCUT2D eigenvalue weighted by Gasteiger charge is -2.21. The van der Waals surface area contributed by atoms with Gasteiger partial charge in [0.15, 0.2) is 7.14 Å². The van der Waals surface area contributed by atoms with Gasteiger partial charge in [-0.25, -0.2) is 0 Å². The molecule has 0 aliphatic heterocycles. The SMILES string of the molecule is CCCCC(C)c1ccc(P(=O)(c2ccccc2)c2ccccc2)cc1. The third kappa shape index (κ3) is 3.84. The maximum atomic E-state index is 14.3. The van der Waals surface area contributed by atoms with Crippen molar-refractivity contribution in [3.8, 4) is 0 Å². The van der Waals surface area contributed by atoms with Gasteiger partial charge in [0.05, 0.1) is 0 Å². The van der Waals surface area contributed by atoms with Gasteiger partial charge in [-0.05, 0) is 17.9 Å². The van der Waals surface area contributed by atoms with Crippen LogP contribution in [-0.2, 0) is 4.57 Å². The van der Waals surface area contributed by atoms with Crippen LogP contribution in [0, 0.1) is 0 Å². The van der Waals surface area contributed by atoms with Crippen molar-refractivity contribution in [2.24, 2.45) is 0 Å². The van der Waals surface area contributed by atoms with Crippen LogP contribution in [-0.4, -0.2) is 0 Å². The van der Waals surface area contributed by atoms with E-state index in [0.29, 0.717) is 5.92 Å². The fraction of sp³-hybridized carbons (Fsp3) is 0.250. The van der Waals surface area contributed by atoms with Gasteiger partial charge >= 0.3 is 0 Å². The lowest BCUT2D eigenvalue weighted by molar-refractivity contribution is 0.592. The average molecular weight is 362 g/mol. The van der Waals surface area contributed by atoms with Gasteiger partial charge in [0.1, 0.15) is 0 Å². The van der Waals surface area contributed by atoms with E-state index in [4.69, 9.17) is 0 Å². The van der Waals surface area contributed by atoms with Gasteiger partial charge < -0.3 is 4.57 Å². The van der Waals surface area contributed by atoms with E-state index in [-0.39, 0.29) is 0 Å². The number of unbranched alkanes of at least 4 members (excludes halogenated alkanes) is 1. The molecule has 2 heteroatoms. The first-order chi connectivity index (χ1) is 12.7. The Balaban J connectivity index is 2.03. The molecule has 134 valence electrons. The van der Waals surface area contributed by atoms with Crippen molar-refractivity contribution in [3.05, 3.63) is 90.5 Å². The molecule has 0 amide bonds. The quantitative estimate of drug-likeness (QED) is 0.499. The van der Waals surface area contributed by atoms with Crippen molar-refractivity contribution in [2.45, 2.75) is 39.0 Å². The minimum absolute atomic E-state index is 0.539. The first-order valence-electron chi connectivity index (χ1n) is 9.48. The molecule has 0 spiro atoms. The highest BCUT2D eigenvalue weighted by Gasteiger charge is 2.29. The molecule has 0 aliphatic carbocycles. The number of hydrogen-bond donors (Lipinski definition) is 0. The van der Waals surface area contributed by atoms with Crippen molar-refractivity contribution in [1.82, 2.24) is 0 Å². The van der Waals surface area contributed by atoms with Crippen LogP contribution >= 0.6 is 7.14 Å². The fourth-order valence-electron chi connectivity index (χ4n) is 3.41. The molecule has 0 N–H and O–H groups in total. The molecule has 3 rings (SSSR count). The minimum Gasteiger partial charge on any atom is -0.309 e.